The van der Waals surface area contributed by atoms with E-state index in [1.54, 1.807) is 49.4 Å². The Hall–Kier alpha value is -2.79. The second-order valence-electron chi connectivity index (χ2n) is 6.16. The van der Waals surface area contributed by atoms with Crippen molar-refractivity contribution in [3.63, 3.8) is 0 Å². The summed E-state index contributed by atoms with van der Waals surface area (Å²) in [5.41, 5.74) is 2.55. The van der Waals surface area contributed by atoms with E-state index in [-0.39, 0.29) is 11.8 Å². The van der Waals surface area contributed by atoms with Crippen LogP contribution in [0.5, 0.6) is 5.75 Å². The third kappa shape index (κ3) is 5.34. The zero-order chi connectivity index (χ0) is 20.0. The van der Waals surface area contributed by atoms with Crippen LogP contribution in [0, 0.1) is 13.8 Å². The molecule has 0 unspecified atom stereocenters. The first-order chi connectivity index (χ1) is 12.8. The Balaban J connectivity index is 2.11. The summed E-state index contributed by atoms with van der Waals surface area (Å²) in [5.74, 6) is -0.0818. The number of hydrogen-bond donors (Lipinski definition) is 2. The van der Waals surface area contributed by atoms with Crippen molar-refractivity contribution in [3.05, 3.63) is 70.8 Å². The van der Waals surface area contributed by atoms with Gasteiger partial charge in [0.25, 0.3) is 11.8 Å². The first kappa shape index (κ1) is 20.5. The first-order valence-electron chi connectivity index (χ1n) is 8.56. The number of rotatable bonds is 7. The van der Waals surface area contributed by atoms with E-state index in [2.05, 4.69) is 17.2 Å². The van der Waals surface area contributed by atoms with Crippen LogP contribution in [0.1, 0.15) is 28.4 Å². The highest BCUT2D eigenvalue weighted by atomic mass is 35.5. The van der Waals surface area contributed by atoms with E-state index in [9.17, 15) is 9.59 Å². The molecule has 0 saturated carbocycles. The van der Waals surface area contributed by atoms with Crippen LogP contribution < -0.4 is 15.4 Å². The number of benzene rings is 2. The van der Waals surface area contributed by atoms with Crippen molar-refractivity contribution >= 4 is 29.1 Å². The minimum absolute atomic E-state index is 0.289. The van der Waals surface area contributed by atoms with Gasteiger partial charge in [-0.25, -0.2) is 0 Å². The highest BCUT2D eigenvalue weighted by molar-refractivity contribution is 6.32. The number of ether oxygens (including phenoxy) is 1. The molecule has 0 fully saturated rings. The minimum atomic E-state index is -0.755. The molecule has 0 heterocycles. The third-order valence-corrected chi connectivity index (χ3v) is 4.52. The molecule has 6 heteroatoms. The van der Waals surface area contributed by atoms with Crippen molar-refractivity contribution in [3.8, 4) is 5.75 Å². The van der Waals surface area contributed by atoms with Crippen LogP contribution in [0.3, 0.4) is 0 Å². The van der Waals surface area contributed by atoms with Gasteiger partial charge in [0.05, 0.1) is 11.3 Å². The summed E-state index contributed by atoms with van der Waals surface area (Å²) in [6, 6.07) is 10.4. The molecule has 0 bridgehead atoms. The van der Waals surface area contributed by atoms with Crippen LogP contribution in [-0.2, 0) is 4.79 Å². The number of aryl methyl sites for hydroxylation is 2. The van der Waals surface area contributed by atoms with Gasteiger partial charge in [-0.2, -0.15) is 0 Å². The smallest absolute Gasteiger partial charge is 0.265 e. The normalized spacial score (nSPS) is 11.4. The Labute approximate surface area is 164 Å². The number of nitrogens with one attached hydrogen (secondary N) is 2. The molecule has 0 aromatic heterocycles. The lowest BCUT2D eigenvalue weighted by atomic mass is 10.1. The molecule has 0 aliphatic heterocycles. The fraction of sp³-hybridized carbons (Fsp3) is 0.238. The van der Waals surface area contributed by atoms with E-state index in [1.807, 2.05) is 13.8 Å². The average Bonchev–Trinajstić information content (AvgIpc) is 2.64. The first-order valence-corrected chi connectivity index (χ1v) is 8.93. The van der Waals surface area contributed by atoms with Gasteiger partial charge >= 0.3 is 0 Å². The third-order valence-electron chi connectivity index (χ3n) is 3.93. The standard InChI is InChI=1S/C21H23ClN2O3/c1-5-10-23-21(26)17-8-6-7-9-18(17)24-20(25)15(4)27-16-11-13(2)19(22)14(3)12-16/h5-9,11-12,15H,1,10H2,2-4H3,(H,23,26)(H,24,25)/t15-/m1/s1. The SMILES string of the molecule is C=CCNC(=O)c1ccccc1NC(=O)[C@@H](C)Oc1cc(C)c(Cl)c(C)c1. The van der Waals surface area contributed by atoms with Crippen molar-refractivity contribution < 1.29 is 14.3 Å². The fourth-order valence-electron chi connectivity index (χ4n) is 2.52. The van der Waals surface area contributed by atoms with Crippen LogP contribution >= 0.6 is 11.6 Å². The van der Waals surface area contributed by atoms with Crippen molar-refractivity contribution in [2.75, 3.05) is 11.9 Å². The summed E-state index contributed by atoms with van der Waals surface area (Å²) >= 11 is 6.16. The Kier molecular flexibility index (Phi) is 7.02. The molecule has 27 heavy (non-hydrogen) atoms. The number of anilines is 1. The van der Waals surface area contributed by atoms with E-state index >= 15 is 0 Å². The maximum Gasteiger partial charge on any atom is 0.265 e. The van der Waals surface area contributed by atoms with Crippen LogP contribution in [0.15, 0.2) is 49.1 Å². The molecule has 2 amide bonds. The number of hydrogen-bond acceptors (Lipinski definition) is 3. The van der Waals surface area contributed by atoms with Gasteiger partial charge in [0.1, 0.15) is 5.75 Å². The van der Waals surface area contributed by atoms with Crippen LogP contribution in [0.2, 0.25) is 5.02 Å². The van der Waals surface area contributed by atoms with Gasteiger partial charge in [0, 0.05) is 11.6 Å². The predicted molar refractivity (Wildman–Crippen MR) is 109 cm³/mol. The van der Waals surface area contributed by atoms with Gasteiger partial charge in [0.15, 0.2) is 6.10 Å². The molecule has 0 aliphatic carbocycles. The maximum atomic E-state index is 12.5. The Morgan fingerprint density at radius 1 is 1.22 bits per heavy atom. The van der Waals surface area contributed by atoms with Crippen LogP contribution in [0.25, 0.3) is 0 Å². The quantitative estimate of drug-likeness (QED) is 0.698. The fourth-order valence-corrected chi connectivity index (χ4v) is 2.63. The second kappa shape index (κ2) is 9.24. The molecule has 0 spiro atoms. The van der Waals surface area contributed by atoms with Gasteiger partial charge in [0.2, 0.25) is 0 Å². The van der Waals surface area contributed by atoms with E-state index < -0.39 is 6.10 Å². The lowest BCUT2D eigenvalue weighted by Crippen LogP contribution is -2.31. The summed E-state index contributed by atoms with van der Waals surface area (Å²) < 4.78 is 5.75. The van der Waals surface area contributed by atoms with Crippen LogP contribution in [-0.4, -0.2) is 24.5 Å². The Morgan fingerprint density at radius 3 is 2.48 bits per heavy atom. The summed E-state index contributed by atoms with van der Waals surface area (Å²) in [5, 5.41) is 6.13. The lowest BCUT2D eigenvalue weighted by molar-refractivity contribution is -0.122. The monoisotopic (exact) mass is 386 g/mol. The largest absolute Gasteiger partial charge is 0.481 e. The molecule has 1 atom stereocenters. The van der Waals surface area contributed by atoms with E-state index in [0.29, 0.717) is 28.6 Å². The highest BCUT2D eigenvalue weighted by Crippen LogP contribution is 2.26. The van der Waals surface area contributed by atoms with Crippen LogP contribution in [0.4, 0.5) is 5.69 Å². The summed E-state index contributed by atoms with van der Waals surface area (Å²) in [6.07, 6.45) is 0.833. The molecular formula is C21H23ClN2O3. The Bertz CT molecular complexity index is 841. The van der Waals surface area contributed by atoms with E-state index in [0.717, 1.165) is 11.1 Å². The second-order valence-corrected chi connectivity index (χ2v) is 6.54. The van der Waals surface area contributed by atoms with Crippen molar-refractivity contribution in [2.24, 2.45) is 0 Å². The van der Waals surface area contributed by atoms with E-state index in [4.69, 9.17) is 16.3 Å². The molecule has 0 aliphatic rings. The highest BCUT2D eigenvalue weighted by Gasteiger charge is 2.19. The van der Waals surface area contributed by atoms with Gasteiger partial charge in [-0.1, -0.05) is 29.8 Å². The molecule has 2 N–H and O–H groups in total. The van der Waals surface area contributed by atoms with Gasteiger partial charge in [-0.15, -0.1) is 6.58 Å². The zero-order valence-electron chi connectivity index (χ0n) is 15.6. The summed E-state index contributed by atoms with van der Waals surface area (Å²) in [4.78, 5) is 24.8. The van der Waals surface area contributed by atoms with Crippen molar-refractivity contribution in [2.45, 2.75) is 26.9 Å². The molecule has 2 aromatic carbocycles. The minimum Gasteiger partial charge on any atom is -0.481 e. The van der Waals surface area contributed by atoms with E-state index in [1.165, 1.54) is 0 Å². The van der Waals surface area contributed by atoms with Crippen molar-refractivity contribution in [1.82, 2.24) is 5.32 Å². The molecule has 0 saturated heterocycles. The topological polar surface area (TPSA) is 67.4 Å². The maximum absolute atomic E-state index is 12.5. The summed E-state index contributed by atoms with van der Waals surface area (Å²) in [7, 11) is 0. The van der Waals surface area contributed by atoms with Crippen molar-refractivity contribution in [1.29, 1.82) is 0 Å². The van der Waals surface area contributed by atoms with Gasteiger partial charge in [-0.05, 0) is 56.2 Å². The molecule has 142 valence electrons. The average molecular weight is 387 g/mol. The number of para-hydroxylation sites is 1. The molecule has 5 nitrogen and oxygen atoms in total. The number of amides is 2. The zero-order valence-corrected chi connectivity index (χ0v) is 16.4. The summed E-state index contributed by atoms with van der Waals surface area (Å²) in [6.45, 7) is 9.32. The van der Waals surface area contributed by atoms with Gasteiger partial charge in [-0.3, -0.25) is 9.59 Å². The van der Waals surface area contributed by atoms with Gasteiger partial charge < -0.3 is 15.4 Å². The molecular weight excluding hydrogens is 364 g/mol. The number of halogens is 1. The Morgan fingerprint density at radius 2 is 1.85 bits per heavy atom. The molecule has 0 radical (unpaired) electrons. The molecule has 2 rings (SSSR count). The predicted octanol–water partition coefficient (Wildman–Crippen LogP) is 4.28. The number of carbonyl (C=O) groups is 2. The number of carbonyl (C=O) groups excluding carboxylic acids is 2. The lowest BCUT2D eigenvalue weighted by Gasteiger charge is -2.17. The molecule has 2 aromatic rings.